The molecule has 3 heterocycles. The maximum Gasteiger partial charge on any atom is 0.293 e. The van der Waals surface area contributed by atoms with E-state index < -0.39 is 0 Å². The van der Waals surface area contributed by atoms with Crippen molar-refractivity contribution in [1.29, 1.82) is 0 Å². The number of hydrogen-bond donors (Lipinski definition) is 1. The van der Waals surface area contributed by atoms with Gasteiger partial charge in [-0.3, -0.25) is 9.59 Å². The average Bonchev–Trinajstić information content (AvgIpc) is 2.82. The second-order valence-corrected chi connectivity index (χ2v) is 8.67. The van der Waals surface area contributed by atoms with Crippen LogP contribution in [0.2, 0.25) is 5.02 Å². The minimum Gasteiger partial charge on any atom is -0.478 e. The van der Waals surface area contributed by atoms with Crippen LogP contribution in [0, 0.1) is 0 Å². The fraction of sp³-hybridized carbons (Fsp3) is 0.391. The van der Waals surface area contributed by atoms with Crippen molar-refractivity contribution in [2.24, 2.45) is 7.05 Å². The maximum atomic E-state index is 12.6. The number of hydrogen-bond acceptors (Lipinski definition) is 7. The second kappa shape index (κ2) is 9.66. The number of aryl methyl sites for hydroxylation is 1. The minimum absolute atomic E-state index is 0.116. The van der Waals surface area contributed by atoms with E-state index in [9.17, 15) is 9.59 Å². The summed E-state index contributed by atoms with van der Waals surface area (Å²) in [6.45, 7) is 1.66. The van der Waals surface area contributed by atoms with Crippen LogP contribution in [0.1, 0.15) is 19.3 Å². The molecule has 0 bridgehead atoms. The largest absolute Gasteiger partial charge is 0.478 e. The number of ether oxygens (including phenoxy) is 1. The number of piperidine rings is 1. The lowest BCUT2D eigenvalue weighted by Crippen LogP contribution is -2.31. The zero-order chi connectivity index (χ0) is 23.5. The number of pyridine rings is 1. The maximum absolute atomic E-state index is 12.6. The normalized spacial score (nSPS) is 13.8. The van der Waals surface area contributed by atoms with Gasteiger partial charge in [-0.1, -0.05) is 11.6 Å². The van der Waals surface area contributed by atoms with Gasteiger partial charge in [-0.05, 0) is 43.5 Å². The summed E-state index contributed by atoms with van der Waals surface area (Å²) in [6, 6.07) is 7.23. The Kier molecular flexibility index (Phi) is 6.69. The predicted octanol–water partition coefficient (Wildman–Crippen LogP) is 3.18. The van der Waals surface area contributed by atoms with Crippen molar-refractivity contribution in [3.63, 3.8) is 0 Å². The fourth-order valence-electron chi connectivity index (χ4n) is 3.73. The first-order valence-corrected chi connectivity index (χ1v) is 11.2. The molecule has 1 aliphatic rings. The Bertz CT molecular complexity index is 1240. The highest BCUT2D eigenvalue weighted by molar-refractivity contribution is 6.32. The number of carbonyl (C=O) groups is 1. The molecule has 3 aromatic rings. The number of anilines is 3. The van der Waals surface area contributed by atoms with Crippen LogP contribution < -0.4 is 20.5 Å². The minimum atomic E-state index is -0.306. The van der Waals surface area contributed by atoms with Gasteiger partial charge in [0.15, 0.2) is 18.2 Å². The highest BCUT2D eigenvalue weighted by Gasteiger charge is 2.16. The molecule has 4 rings (SSSR count). The second-order valence-electron chi connectivity index (χ2n) is 8.26. The molecular formula is C23H27ClN6O3. The summed E-state index contributed by atoms with van der Waals surface area (Å²) >= 11 is 6.36. The molecule has 1 amide bonds. The quantitative estimate of drug-likeness (QED) is 0.591. The third kappa shape index (κ3) is 5.03. The van der Waals surface area contributed by atoms with Crippen LogP contribution in [-0.2, 0) is 11.8 Å². The van der Waals surface area contributed by atoms with Crippen LogP contribution in [0.5, 0.6) is 5.75 Å². The highest BCUT2D eigenvalue weighted by atomic mass is 35.5. The molecule has 1 aliphatic heterocycles. The van der Waals surface area contributed by atoms with E-state index in [1.54, 1.807) is 33.4 Å². The van der Waals surface area contributed by atoms with E-state index in [0.717, 1.165) is 42.5 Å². The van der Waals surface area contributed by atoms with Crippen molar-refractivity contribution in [3.05, 3.63) is 45.8 Å². The number of nitrogens with one attached hydrogen (secondary N) is 1. The van der Waals surface area contributed by atoms with E-state index in [-0.39, 0.29) is 23.8 Å². The molecule has 1 fully saturated rings. The number of aromatic nitrogens is 3. The molecule has 1 aromatic carbocycles. The molecule has 33 heavy (non-hydrogen) atoms. The Morgan fingerprint density at radius 1 is 1.21 bits per heavy atom. The van der Waals surface area contributed by atoms with Crippen LogP contribution in [0.4, 0.5) is 17.5 Å². The monoisotopic (exact) mass is 470 g/mol. The Labute approximate surface area is 196 Å². The van der Waals surface area contributed by atoms with Gasteiger partial charge in [0.25, 0.3) is 11.5 Å². The van der Waals surface area contributed by atoms with Gasteiger partial charge in [0, 0.05) is 45.3 Å². The highest BCUT2D eigenvalue weighted by Crippen LogP contribution is 2.28. The Morgan fingerprint density at radius 3 is 2.70 bits per heavy atom. The molecule has 0 aliphatic carbocycles. The zero-order valence-electron chi connectivity index (χ0n) is 19.0. The first kappa shape index (κ1) is 22.8. The SMILES string of the molecule is CN(C)C(=O)COc1cc2cc(Nc3nc(N4CCCCC4)ncc3Cl)ccc2n(C)c1=O. The third-order valence-electron chi connectivity index (χ3n) is 5.67. The standard InChI is InChI=1S/C23H27ClN6O3/c1-28(2)20(31)14-33-19-12-15-11-16(7-8-18(15)29(3)22(19)32)26-21-17(24)13-25-23(27-21)30-9-5-4-6-10-30/h7-8,11-13H,4-6,9-10,14H2,1-3H3,(H,25,26,27). The third-order valence-corrected chi connectivity index (χ3v) is 5.95. The number of halogens is 1. The smallest absolute Gasteiger partial charge is 0.293 e. The van der Waals surface area contributed by atoms with Crippen LogP contribution in [-0.4, -0.2) is 59.1 Å². The topological polar surface area (TPSA) is 92.6 Å². The molecule has 0 unspecified atom stereocenters. The number of amides is 1. The molecule has 174 valence electrons. The summed E-state index contributed by atoms with van der Waals surface area (Å²) in [5.41, 5.74) is 1.18. The Morgan fingerprint density at radius 2 is 1.97 bits per heavy atom. The summed E-state index contributed by atoms with van der Waals surface area (Å²) in [7, 11) is 4.94. The number of benzene rings is 1. The molecule has 0 radical (unpaired) electrons. The van der Waals surface area contributed by atoms with Crippen molar-refractivity contribution >= 4 is 45.9 Å². The molecule has 0 atom stereocenters. The fourth-order valence-corrected chi connectivity index (χ4v) is 3.87. The van der Waals surface area contributed by atoms with E-state index in [1.807, 2.05) is 18.2 Å². The summed E-state index contributed by atoms with van der Waals surface area (Å²) in [4.78, 5) is 37.1. The number of likely N-dealkylation sites (N-methyl/N-ethyl adjacent to an activating group) is 1. The molecule has 10 heteroatoms. The summed E-state index contributed by atoms with van der Waals surface area (Å²) in [5.74, 6) is 1.07. The number of fused-ring (bicyclic) bond motifs is 1. The van der Waals surface area contributed by atoms with Crippen LogP contribution in [0.3, 0.4) is 0 Å². The van der Waals surface area contributed by atoms with E-state index in [0.29, 0.717) is 16.8 Å². The van der Waals surface area contributed by atoms with Gasteiger partial charge in [0.2, 0.25) is 5.95 Å². The van der Waals surface area contributed by atoms with Gasteiger partial charge >= 0.3 is 0 Å². The van der Waals surface area contributed by atoms with Crippen molar-refractivity contribution in [1.82, 2.24) is 19.4 Å². The first-order valence-electron chi connectivity index (χ1n) is 10.8. The van der Waals surface area contributed by atoms with Gasteiger partial charge in [0.05, 0.1) is 11.7 Å². The average molecular weight is 471 g/mol. The Hall–Kier alpha value is -3.33. The van der Waals surface area contributed by atoms with E-state index >= 15 is 0 Å². The molecule has 0 saturated carbocycles. The van der Waals surface area contributed by atoms with Gasteiger partial charge < -0.3 is 24.4 Å². The number of nitrogens with zero attached hydrogens (tertiary/aromatic N) is 5. The lowest BCUT2D eigenvalue weighted by molar-refractivity contribution is -0.130. The number of carbonyl (C=O) groups excluding carboxylic acids is 1. The lowest BCUT2D eigenvalue weighted by atomic mass is 10.1. The van der Waals surface area contributed by atoms with Gasteiger partial charge in [0.1, 0.15) is 5.02 Å². The van der Waals surface area contributed by atoms with Crippen molar-refractivity contribution in [2.75, 3.05) is 44.0 Å². The van der Waals surface area contributed by atoms with Crippen LogP contribution >= 0.6 is 11.6 Å². The molecule has 1 saturated heterocycles. The molecule has 9 nitrogen and oxygen atoms in total. The molecular weight excluding hydrogens is 444 g/mol. The lowest BCUT2D eigenvalue weighted by Gasteiger charge is -2.26. The molecule has 0 spiro atoms. The Balaban J connectivity index is 1.62. The predicted molar refractivity (Wildman–Crippen MR) is 130 cm³/mol. The summed E-state index contributed by atoms with van der Waals surface area (Å²) in [6.07, 6.45) is 5.09. The molecule has 1 N–H and O–H groups in total. The van der Waals surface area contributed by atoms with Crippen molar-refractivity contribution in [3.8, 4) is 5.75 Å². The van der Waals surface area contributed by atoms with Crippen LogP contribution in [0.15, 0.2) is 35.3 Å². The van der Waals surface area contributed by atoms with E-state index in [1.165, 1.54) is 15.9 Å². The van der Waals surface area contributed by atoms with Crippen molar-refractivity contribution in [2.45, 2.75) is 19.3 Å². The van der Waals surface area contributed by atoms with Gasteiger partial charge in [-0.15, -0.1) is 0 Å². The van der Waals surface area contributed by atoms with E-state index in [4.69, 9.17) is 16.3 Å². The zero-order valence-corrected chi connectivity index (χ0v) is 19.7. The van der Waals surface area contributed by atoms with Gasteiger partial charge in [-0.2, -0.15) is 4.98 Å². The van der Waals surface area contributed by atoms with Crippen LogP contribution in [0.25, 0.3) is 10.9 Å². The number of rotatable bonds is 6. The summed E-state index contributed by atoms with van der Waals surface area (Å²) in [5, 5.41) is 4.46. The van der Waals surface area contributed by atoms with Crippen molar-refractivity contribution < 1.29 is 9.53 Å². The summed E-state index contributed by atoms with van der Waals surface area (Å²) < 4.78 is 7.02. The van der Waals surface area contributed by atoms with E-state index in [2.05, 4.69) is 20.2 Å². The first-order chi connectivity index (χ1) is 15.8. The molecule has 2 aromatic heterocycles. The van der Waals surface area contributed by atoms with Gasteiger partial charge in [-0.25, -0.2) is 4.98 Å².